The van der Waals surface area contributed by atoms with Gasteiger partial charge in [-0.2, -0.15) is 0 Å². The Kier molecular flexibility index (Phi) is 4.31. The summed E-state index contributed by atoms with van der Waals surface area (Å²) >= 11 is 0. The zero-order valence-corrected chi connectivity index (χ0v) is 14.4. The number of rotatable bonds is 4. The van der Waals surface area contributed by atoms with Gasteiger partial charge >= 0.3 is 11.6 Å². The molecule has 0 aliphatic heterocycles. The van der Waals surface area contributed by atoms with E-state index in [1.807, 2.05) is 18.2 Å². The van der Waals surface area contributed by atoms with Crippen LogP contribution in [0.1, 0.15) is 33.5 Å². The molecule has 0 amide bonds. The lowest BCUT2D eigenvalue weighted by Crippen LogP contribution is -2.09. The van der Waals surface area contributed by atoms with Gasteiger partial charge in [-0.1, -0.05) is 12.1 Å². The van der Waals surface area contributed by atoms with Crippen LogP contribution in [0.2, 0.25) is 0 Å². The van der Waals surface area contributed by atoms with Crippen LogP contribution in [-0.2, 0) is 24.2 Å². The average Bonchev–Trinajstić information content (AvgIpc) is 3.13. The smallest absolute Gasteiger partial charge is 0.343 e. The van der Waals surface area contributed by atoms with E-state index in [0.29, 0.717) is 23.5 Å². The topological polar surface area (TPSA) is 65.7 Å². The summed E-state index contributed by atoms with van der Waals surface area (Å²) in [6.07, 6.45) is 2.61. The molecule has 5 nitrogen and oxygen atoms in total. The van der Waals surface area contributed by atoms with E-state index in [4.69, 9.17) is 13.9 Å². The first-order valence-corrected chi connectivity index (χ1v) is 8.54. The number of carbonyl (C=O) groups excluding carboxylic acids is 1. The SMILES string of the molecule is COCc1ccc(C(=O)Oc2ccc3c4c(c(=O)oc3c2)CCC4)cc1. The molecule has 3 aromatic rings. The highest BCUT2D eigenvalue weighted by molar-refractivity contribution is 5.92. The van der Waals surface area contributed by atoms with Crippen molar-refractivity contribution in [3.05, 3.63) is 75.1 Å². The van der Waals surface area contributed by atoms with E-state index in [-0.39, 0.29) is 5.63 Å². The Morgan fingerprint density at radius 2 is 1.85 bits per heavy atom. The Morgan fingerprint density at radius 3 is 2.62 bits per heavy atom. The summed E-state index contributed by atoms with van der Waals surface area (Å²) in [7, 11) is 1.62. The number of esters is 1. The van der Waals surface area contributed by atoms with Crippen molar-refractivity contribution < 1.29 is 18.7 Å². The first-order chi connectivity index (χ1) is 12.7. The Bertz CT molecular complexity index is 1030. The highest BCUT2D eigenvalue weighted by Gasteiger charge is 2.20. The number of aryl methyl sites for hydroxylation is 1. The molecule has 0 spiro atoms. The van der Waals surface area contributed by atoms with Crippen LogP contribution in [0.25, 0.3) is 11.0 Å². The van der Waals surface area contributed by atoms with Gasteiger partial charge in [-0.3, -0.25) is 0 Å². The maximum atomic E-state index is 12.3. The van der Waals surface area contributed by atoms with Gasteiger partial charge in [0.15, 0.2) is 0 Å². The molecule has 1 aliphatic carbocycles. The molecular weight excluding hydrogens is 332 g/mol. The van der Waals surface area contributed by atoms with Crippen molar-refractivity contribution in [3.63, 3.8) is 0 Å². The van der Waals surface area contributed by atoms with Crippen molar-refractivity contribution >= 4 is 16.9 Å². The monoisotopic (exact) mass is 350 g/mol. The molecular formula is C21H18O5. The van der Waals surface area contributed by atoms with Gasteiger partial charge in [0.2, 0.25) is 0 Å². The lowest BCUT2D eigenvalue weighted by atomic mass is 10.1. The first kappa shape index (κ1) is 16.5. The van der Waals surface area contributed by atoms with E-state index < -0.39 is 5.97 Å². The molecule has 0 N–H and O–H groups in total. The molecule has 26 heavy (non-hydrogen) atoms. The molecule has 0 atom stereocenters. The van der Waals surface area contributed by atoms with E-state index in [9.17, 15) is 9.59 Å². The van der Waals surface area contributed by atoms with Crippen LogP contribution in [0.4, 0.5) is 0 Å². The van der Waals surface area contributed by atoms with Crippen LogP contribution >= 0.6 is 0 Å². The minimum absolute atomic E-state index is 0.290. The standard InChI is InChI=1S/C21H18O5/c1-24-12-13-5-7-14(8-6-13)20(22)25-15-9-10-17-16-3-2-4-18(16)21(23)26-19(17)11-15/h5-11H,2-4,12H2,1H3. The van der Waals surface area contributed by atoms with Crippen LogP contribution in [0.5, 0.6) is 5.75 Å². The van der Waals surface area contributed by atoms with Crippen molar-refractivity contribution in [1.29, 1.82) is 0 Å². The van der Waals surface area contributed by atoms with Crippen LogP contribution in [0.3, 0.4) is 0 Å². The molecule has 0 saturated carbocycles. The largest absolute Gasteiger partial charge is 0.423 e. The number of carbonyl (C=O) groups is 1. The fraction of sp³-hybridized carbons (Fsp3) is 0.238. The minimum atomic E-state index is -0.461. The summed E-state index contributed by atoms with van der Waals surface area (Å²) in [5.41, 5.74) is 3.42. The zero-order valence-electron chi connectivity index (χ0n) is 14.4. The van der Waals surface area contributed by atoms with Crippen molar-refractivity contribution in [1.82, 2.24) is 0 Å². The molecule has 0 radical (unpaired) electrons. The molecule has 1 aliphatic rings. The van der Waals surface area contributed by atoms with E-state index in [1.165, 1.54) is 0 Å². The van der Waals surface area contributed by atoms with Crippen LogP contribution in [0.15, 0.2) is 51.7 Å². The van der Waals surface area contributed by atoms with Crippen LogP contribution in [0, 0.1) is 0 Å². The quantitative estimate of drug-likeness (QED) is 0.408. The van der Waals surface area contributed by atoms with Gasteiger partial charge < -0.3 is 13.9 Å². The fourth-order valence-electron chi connectivity index (χ4n) is 3.40. The third kappa shape index (κ3) is 3.02. The molecule has 1 heterocycles. The van der Waals surface area contributed by atoms with Crippen LogP contribution < -0.4 is 10.4 Å². The number of ether oxygens (including phenoxy) is 2. The number of benzene rings is 2. The number of hydrogen-bond donors (Lipinski definition) is 0. The van der Waals surface area contributed by atoms with Gasteiger partial charge in [0, 0.05) is 24.1 Å². The summed E-state index contributed by atoms with van der Waals surface area (Å²) in [6, 6.07) is 12.2. The van der Waals surface area contributed by atoms with E-state index in [1.54, 1.807) is 31.4 Å². The Labute approximate surface area is 150 Å². The minimum Gasteiger partial charge on any atom is -0.423 e. The third-order valence-corrected chi connectivity index (χ3v) is 4.66. The summed E-state index contributed by atoms with van der Waals surface area (Å²) in [5, 5.41) is 0.917. The molecule has 2 aromatic carbocycles. The maximum Gasteiger partial charge on any atom is 0.343 e. The van der Waals surface area contributed by atoms with Gasteiger partial charge in [-0.05, 0) is 54.7 Å². The van der Waals surface area contributed by atoms with E-state index in [2.05, 4.69) is 0 Å². The van der Waals surface area contributed by atoms with Gasteiger partial charge in [0.1, 0.15) is 11.3 Å². The maximum absolute atomic E-state index is 12.3. The molecule has 0 fully saturated rings. The molecule has 132 valence electrons. The first-order valence-electron chi connectivity index (χ1n) is 8.54. The lowest BCUT2D eigenvalue weighted by Gasteiger charge is -2.08. The summed E-state index contributed by atoms with van der Waals surface area (Å²) < 4.78 is 15.9. The van der Waals surface area contributed by atoms with Gasteiger partial charge in [0.05, 0.1) is 12.2 Å². The number of hydrogen-bond acceptors (Lipinski definition) is 5. The van der Waals surface area contributed by atoms with Gasteiger partial charge in [-0.25, -0.2) is 9.59 Å². The normalized spacial score (nSPS) is 13.0. The highest BCUT2D eigenvalue weighted by atomic mass is 16.5. The number of fused-ring (bicyclic) bond motifs is 3. The summed E-state index contributed by atoms with van der Waals surface area (Å²) in [4.78, 5) is 24.4. The van der Waals surface area contributed by atoms with E-state index >= 15 is 0 Å². The van der Waals surface area contributed by atoms with Crippen molar-refractivity contribution in [3.8, 4) is 5.75 Å². The molecule has 5 heteroatoms. The zero-order chi connectivity index (χ0) is 18.1. The highest BCUT2D eigenvalue weighted by Crippen LogP contribution is 2.29. The van der Waals surface area contributed by atoms with Crippen LogP contribution in [-0.4, -0.2) is 13.1 Å². The predicted molar refractivity (Wildman–Crippen MR) is 96.6 cm³/mol. The third-order valence-electron chi connectivity index (χ3n) is 4.66. The van der Waals surface area contributed by atoms with E-state index in [0.717, 1.165) is 41.3 Å². The Balaban J connectivity index is 1.60. The average molecular weight is 350 g/mol. The summed E-state index contributed by atoms with van der Waals surface area (Å²) in [5.74, 6) is -0.110. The molecule has 0 unspecified atom stereocenters. The molecule has 0 bridgehead atoms. The molecule has 4 rings (SSSR count). The second-order valence-electron chi connectivity index (χ2n) is 6.38. The van der Waals surface area contributed by atoms with Gasteiger partial charge in [-0.15, -0.1) is 0 Å². The fourth-order valence-corrected chi connectivity index (χ4v) is 3.40. The van der Waals surface area contributed by atoms with Crippen molar-refractivity contribution in [2.45, 2.75) is 25.9 Å². The molecule has 1 aromatic heterocycles. The number of methoxy groups -OCH3 is 1. The van der Waals surface area contributed by atoms with Crippen molar-refractivity contribution in [2.75, 3.05) is 7.11 Å². The molecule has 0 saturated heterocycles. The lowest BCUT2D eigenvalue weighted by molar-refractivity contribution is 0.0735. The van der Waals surface area contributed by atoms with Crippen molar-refractivity contribution in [2.24, 2.45) is 0 Å². The Hall–Kier alpha value is -2.92. The second-order valence-corrected chi connectivity index (χ2v) is 6.38. The summed E-state index contributed by atoms with van der Waals surface area (Å²) in [6.45, 7) is 0.489. The van der Waals surface area contributed by atoms with Gasteiger partial charge in [0.25, 0.3) is 0 Å². The second kappa shape index (κ2) is 6.77. The Morgan fingerprint density at radius 1 is 1.08 bits per heavy atom. The predicted octanol–water partition coefficient (Wildman–Crippen LogP) is 3.65.